The summed E-state index contributed by atoms with van der Waals surface area (Å²) in [5.41, 5.74) is -0.422. The Labute approximate surface area is 91.2 Å². The zero-order chi connectivity index (χ0) is 10.8. The summed E-state index contributed by atoms with van der Waals surface area (Å²) in [7, 11) is 0. The molecule has 1 aromatic heterocycles. The molecule has 0 aliphatic heterocycles. The van der Waals surface area contributed by atoms with Gasteiger partial charge in [0.1, 0.15) is 4.60 Å². The molecule has 76 valence electrons. The quantitative estimate of drug-likeness (QED) is 0.840. The fourth-order valence-electron chi connectivity index (χ4n) is 0.686. The van der Waals surface area contributed by atoms with E-state index in [0.717, 1.165) is 0 Å². The van der Waals surface area contributed by atoms with E-state index in [9.17, 15) is 4.79 Å². The van der Waals surface area contributed by atoms with Crippen LogP contribution in [0.15, 0.2) is 16.7 Å². The van der Waals surface area contributed by atoms with Gasteiger partial charge in [-0.3, -0.25) is 4.79 Å². The van der Waals surface area contributed by atoms with Gasteiger partial charge >= 0.3 is 0 Å². The standard InChI is InChI=1S/C9H12BrN3O/c1-9(2,3)8(14)11-7-5-4-6(10)12-13-7/h4-5H,1-3H3,(H,11,13,14). The maximum Gasteiger partial charge on any atom is 0.230 e. The number of carbonyl (C=O) groups excluding carboxylic acids is 1. The average molecular weight is 258 g/mol. The Kier molecular flexibility index (Phi) is 3.21. The minimum absolute atomic E-state index is 0.0749. The van der Waals surface area contributed by atoms with Crippen molar-refractivity contribution in [2.45, 2.75) is 20.8 Å². The van der Waals surface area contributed by atoms with E-state index in [1.54, 1.807) is 12.1 Å². The van der Waals surface area contributed by atoms with Crippen LogP contribution in [0.2, 0.25) is 0 Å². The number of halogens is 1. The molecule has 5 heteroatoms. The van der Waals surface area contributed by atoms with Crippen molar-refractivity contribution >= 4 is 27.7 Å². The number of anilines is 1. The highest BCUT2D eigenvalue weighted by Crippen LogP contribution is 2.16. The van der Waals surface area contributed by atoms with Gasteiger partial charge in [-0.1, -0.05) is 20.8 Å². The first kappa shape index (κ1) is 11.1. The summed E-state index contributed by atoms with van der Waals surface area (Å²) in [4.78, 5) is 11.5. The van der Waals surface area contributed by atoms with Crippen LogP contribution < -0.4 is 5.32 Å². The van der Waals surface area contributed by atoms with E-state index in [1.807, 2.05) is 20.8 Å². The Morgan fingerprint density at radius 3 is 2.43 bits per heavy atom. The third kappa shape index (κ3) is 3.06. The van der Waals surface area contributed by atoms with Gasteiger partial charge in [0.2, 0.25) is 5.91 Å². The number of carbonyl (C=O) groups is 1. The van der Waals surface area contributed by atoms with Gasteiger partial charge in [0.05, 0.1) is 0 Å². The van der Waals surface area contributed by atoms with E-state index in [4.69, 9.17) is 0 Å². The normalized spacial score (nSPS) is 11.1. The first-order valence-electron chi connectivity index (χ1n) is 4.20. The van der Waals surface area contributed by atoms with Crippen LogP contribution in [0.5, 0.6) is 0 Å². The molecule has 0 unspecified atom stereocenters. The largest absolute Gasteiger partial charge is 0.309 e. The Morgan fingerprint density at radius 1 is 1.36 bits per heavy atom. The Balaban J connectivity index is 2.71. The topological polar surface area (TPSA) is 54.9 Å². The summed E-state index contributed by atoms with van der Waals surface area (Å²) in [6.07, 6.45) is 0. The van der Waals surface area contributed by atoms with Crippen LogP contribution in [-0.2, 0) is 4.79 Å². The number of hydrogen-bond donors (Lipinski definition) is 1. The highest BCUT2D eigenvalue weighted by atomic mass is 79.9. The van der Waals surface area contributed by atoms with Crippen LogP contribution in [0.1, 0.15) is 20.8 Å². The predicted octanol–water partition coefficient (Wildman–Crippen LogP) is 2.22. The smallest absolute Gasteiger partial charge is 0.230 e. The third-order valence-electron chi connectivity index (χ3n) is 1.55. The molecule has 0 radical (unpaired) electrons. The summed E-state index contributed by atoms with van der Waals surface area (Å²) >= 11 is 3.16. The summed E-state index contributed by atoms with van der Waals surface area (Å²) in [6, 6.07) is 3.42. The second-order valence-electron chi connectivity index (χ2n) is 3.95. The van der Waals surface area contributed by atoms with Crippen LogP contribution >= 0.6 is 15.9 Å². The minimum atomic E-state index is -0.422. The van der Waals surface area contributed by atoms with Crippen molar-refractivity contribution in [1.82, 2.24) is 10.2 Å². The molecule has 0 aliphatic rings. The molecule has 14 heavy (non-hydrogen) atoms. The first-order chi connectivity index (χ1) is 6.39. The molecule has 0 saturated heterocycles. The van der Waals surface area contributed by atoms with Crippen molar-refractivity contribution in [2.24, 2.45) is 5.41 Å². The lowest BCUT2D eigenvalue weighted by Crippen LogP contribution is -2.28. The van der Waals surface area contributed by atoms with E-state index < -0.39 is 5.41 Å². The SMILES string of the molecule is CC(C)(C)C(=O)Nc1ccc(Br)nn1. The maximum atomic E-state index is 11.5. The lowest BCUT2D eigenvalue weighted by Gasteiger charge is -2.16. The van der Waals surface area contributed by atoms with Crippen molar-refractivity contribution in [3.05, 3.63) is 16.7 Å². The van der Waals surface area contributed by atoms with Gasteiger partial charge in [-0.15, -0.1) is 10.2 Å². The first-order valence-corrected chi connectivity index (χ1v) is 4.99. The number of rotatable bonds is 1. The highest BCUT2D eigenvalue weighted by molar-refractivity contribution is 9.10. The van der Waals surface area contributed by atoms with Crippen LogP contribution in [0.3, 0.4) is 0 Å². The second-order valence-corrected chi connectivity index (χ2v) is 4.76. The van der Waals surface area contributed by atoms with Crippen molar-refractivity contribution in [2.75, 3.05) is 5.32 Å². The fraction of sp³-hybridized carbons (Fsp3) is 0.444. The predicted molar refractivity (Wildman–Crippen MR) is 57.8 cm³/mol. The van der Waals surface area contributed by atoms with Gasteiger partial charge in [-0.05, 0) is 28.1 Å². The lowest BCUT2D eigenvalue weighted by atomic mass is 9.96. The van der Waals surface area contributed by atoms with Gasteiger partial charge in [-0.25, -0.2) is 0 Å². The molecule has 1 N–H and O–H groups in total. The molecule has 0 saturated carbocycles. The molecule has 0 fully saturated rings. The Bertz CT molecular complexity index is 329. The zero-order valence-corrected chi connectivity index (χ0v) is 9.92. The molecule has 0 spiro atoms. The molecule has 4 nitrogen and oxygen atoms in total. The van der Waals surface area contributed by atoms with Crippen molar-refractivity contribution in [3.8, 4) is 0 Å². The molecule has 0 bridgehead atoms. The number of aromatic nitrogens is 2. The Hall–Kier alpha value is -0.970. The van der Waals surface area contributed by atoms with Crippen LogP contribution in [0, 0.1) is 5.41 Å². The van der Waals surface area contributed by atoms with Gasteiger partial charge in [0.25, 0.3) is 0 Å². The van der Waals surface area contributed by atoms with Gasteiger partial charge < -0.3 is 5.32 Å². The summed E-state index contributed by atoms with van der Waals surface area (Å²) in [5, 5.41) is 10.2. The molecule has 1 rings (SSSR count). The van der Waals surface area contributed by atoms with Gasteiger partial charge in [0, 0.05) is 5.41 Å². The van der Waals surface area contributed by atoms with Crippen LogP contribution in [-0.4, -0.2) is 16.1 Å². The molecule has 1 amide bonds. The summed E-state index contributed by atoms with van der Waals surface area (Å²) in [6.45, 7) is 5.53. The molecule has 0 atom stereocenters. The minimum Gasteiger partial charge on any atom is -0.309 e. The fourth-order valence-corrected chi connectivity index (χ4v) is 0.898. The van der Waals surface area contributed by atoms with E-state index >= 15 is 0 Å². The molecule has 0 aliphatic carbocycles. The molecular weight excluding hydrogens is 246 g/mol. The number of nitrogens with one attached hydrogen (secondary N) is 1. The zero-order valence-electron chi connectivity index (χ0n) is 8.34. The average Bonchev–Trinajstić information content (AvgIpc) is 2.07. The van der Waals surface area contributed by atoms with E-state index in [1.165, 1.54) is 0 Å². The van der Waals surface area contributed by atoms with Crippen LogP contribution in [0.4, 0.5) is 5.82 Å². The number of nitrogens with zero attached hydrogens (tertiary/aromatic N) is 2. The third-order valence-corrected chi connectivity index (χ3v) is 1.98. The molecule has 1 heterocycles. The number of amides is 1. The summed E-state index contributed by atoms with van der Waals surface area (Å²) in [5.74, 6) is 0.391. The van der Waals surface area contributed by atoms with Gasteiger partial charge in [-0.2, -0.15) is 0 Å². The molecule has 0 aromatic carbocycles. The van der Waals surface area contributed by atoms with Crippen molar-refractivity contribution < 1.29 is 4.79 Å². The molecule has 1 aromatic rings. The number of hydrogen-bond acceptors (Lipinski definition) is 3. The van der Waals surface area contributed by atoms with E-state index in [2.05, 4.69) is 31.4 Å². The summed E-state index contributed by atoms with van der Waals surface area (Å²) < 4.78 is 0.645. The molecular formula is C9H12BrN3O. The highest BCUT2D eigenvalue weighted by Gasteiger charge is 2.21. The van der Waals surface area contributed by atoms with Crippen molar-refractivity contribution in [3.63, 3.8) is 0 Å². The van der Waals surface area contributed by atoms with Crippen molar-refractivity contribution in [1.29, 1.82) is 0 Å². The lowest BCUT2D eigenvalue weighted by molar-refractivity contribution is -0.123. The van der Waals surface area contributed by atoms with Crippen LogP contribution in [0.25, 0.3) is 0 Å². The van der Waals surface area contributed by atoms with E-state index in [-0.39, 0.29) is 5.91 Å². The maximum absolute atomic E-state index is 11.5. The van der Waals surface area contributed by atoms with E-state index in [0.29, 0.717) is 10.4 Å². The Morgan fingerprint density at radius 2 is 2.00 bits per heavy atom. The van der Waals surface area contributed by atoms with Gasteiger partial charge in [0.15, 0.2) is 5.82 Å². The second kappa shape index (κ2) is 4.04. The monoisotopic (exact) mass is 257 g/mol.